The predicted molar refractivity (Wildman–Crippen MR) is 106 cm³/mol. The molecular formula is C23H32O2. The lowest BCUT2D eigenvalue weighted by Gasteiger charge is -2.22. The van der Waals surface area contributed by atoms with E-state index in [4.69, 9.17) is 9.47 Å². The second-order valence-corrected chi connectivity index (χ2v) is 8.73. The van der Waals surface area contributed by atoms with Crippen LogP contribution in [-0.4, -0.2) is 14.2 Å². The molecular weight excluding hydrogens is 308 g/mol. The maximum Gasteiger partial charge on any atom is 0.122 e. The van der Waals surface area contributed by atoms with Crippen LogP contribution in [0.4, 0.5) is 0 Å². The van der Waals surface area contributed by atoms with Gasteiger partial charge in [0.1, 0.15) is 11.5 Å². The molecule has 0 bridgehead atoms. The highest BCUT2D eigenvalue weighted by Gasteiger charge is 2.18. The Hall–Kier alpha value is -1.96. The Morgan fingerprint density at radius 3 is 1.28 bits per heavy atom. The summed E-state index contributed by atoms with van der Waals surface area (Å²) in [4.78, 5) is 0. The monoisotopic (exact) mass is 340 g/mol. The van der Waals surface area contributed by atoms with Crippen molar-refractivity contribution < 1.29 is 9.47 Å². The van der Waals surface area contributed by atoms with E-state index in [1.807, 2.05) is 0 Å². The number of hydrogen-bond acceptors (Lipinski definition) is 2. The van der Waals surface area contributed by atoms with E-state index in [0.717, 1.165) is 17.9 Å². The summed E-state index contributed by atoms with van der Waals surface area (Å²) >= 11 is 0. The maximum atomic E-state index is 5.66. The van der Waals surface area contributed by atoms with Crippen molar-refractivity contribution in [3.8, 4) is 11.5 Å². The highest BCUT2D eigenvalue weighted by molar-refractivity contribution is 5.47. The molecule has 0 spiro atoms. The third kappa shape index (κ3) is 4.56. The van der Waals surface area contributed by atoms with Gasteiger partial charge in [-0.15, -0.1) is 0 Å². The third-order valence-corrected chi connectivity index (χ3v) is 4.69. The number of rotatable bonds is 4. The molecule has 2 nitrogen and oxygen atoms in total. The first kappa shape index (κ1) is 19.4. The summed E-state index contributed by atoms with van der Waals surface area (Å²) in [7, 11) is 3.48. The van der Waals surface area contributed by atoms with E-state index in [1.54, 1.807) is 14.2 Å². The molecule has 0 heterocycles. The summed E-state index contributed by atoms with van der Waals surface area (Å²) in [6.07, 6.45) is 0.793. The van der Waals surface area contributed by atoms with Crippen molar-refractivity contribution in [2.45, 2.75) is 58.8 Å². The average molecular weight is 341 g/mol. The lowest BCUT2D eigenvalue weighted by molar-refractivity contribution is 0.403. The molecule has 0 aliphatic heterocycles. The maximum absolute atomic E-state index is 5.66. The Morgan fingerprint density at radius 1 is 0.640 bits per heavy atom. The average Bonchev–Trinajstić information content (AvgIpc) is 2.53. The summed E-state index contributed by atoms with van der Waals surface area (Å²) in [6, 6.07) is 13.1. The highest BCUT2D eigenvalue weighted by Crippen LogP contribution is 2.33. The molecule has 2 rings (SSSR count). The molecule has 0 fully saturated rings. The smallest absolute Gasteiger partial charge is 0.122 e. The quantitative estimate of drug-likeness (QED) is 0.691. The zero-order valence-electron chi connectivity index (χ0n) is 17.0. The summed E-state index contributed by atoms with van der Waals surface area (Å²) in [5.41, 5.74) is 5.14. The fourth-order valence-corrected chi connectivity index (χ4v) is 2.92. The van der Waals surface area contributed by atoms with Crippen LogP contribution in [0, 0.1) is 0 Å². The fraction of sp³-hybridized carbons (Fsp3) is 0.478. The van der Waals surface area contributed by atoms with Gasteiger partial charge >= 0.3 is 0 Å². The van der Waals surface area contributed by atoms with Crippen LogP contribution in [0.25, 0.3) is 0 Å². The van der Waals surface area contributed by atoms with Crippen LogP contribution in [-0.2, 0) is 17.3 Å². The van der Waals surface area contributed by atoms with Gasteiger partial charge in [-0.3, -0.25) is 0 Å². The van der Waals surface area contributed by atoms with Crippen molar-refractivity contribution in [1.29, 1.82) is 0 Å². The van der Waals surface area contributed by atoms with Crippen LogP contribution in [0.5, 0.6) is 11.5 Å². The van der Waals surface area contributed by atoms with Crippen LogP contribution in [0.3, 0.4) is 0 Å². The van der Waals surface area contributed by atoms with Gasteiger partial charge in [0.05, 0.1) is 14.2 Å². The van der Waals surface area contributed by atoms with Crippen LogP contribution in [0.15, 0.2) is 36.4 Å². The standard InChI is InChI=1S/C23H32O2/c1-22(2,3)18-11-9-16(20(14-18)24-7)13-17-10-12-19(23(4,5)6)15-21(17)25-8/h9-12,14-15H,13H2,1-8H3. The minimum atomic E-state index is 0.109. The van der Waals surface area contributed by atoms with Crippen molar-refractivity contribution in [2.75, 3.05) is 14.2 Å². The first-order valence-electron chi connectivity index (χ1n) is 8.91. The molecule has 0 N–H and O–H groups in total. The topological polar surface area (TPSA) is 18.5 Å². The number of hydrogen-bond donors (Lipinski definition) is 0. The number of benzene rings is 2. The third-order valence-electron chi connectivity index (χ3n) is 4.69. The van der Waals surface area contributed by atoms with Crippen molar-refractivity contribution in [3.63, 3.8) is 0 Å². The second kappa shape index (κ2) is 7.11. The summed E-state index contributed by atoms with van der Waals surface area (Å²) in [5, 5.41) is 0. The fourth-order valence-electron chi connectivity index (χ4n) is 2.92. The SMILES string of the molecule is COc1cc(C(C)(C)C)ccc1Cc1ccc(C(C)(C)C)cc1OC. The van der Waals surface area contributed by atoms with Crippen molar-refractivity contribution in [1.82, 2.24) is 0 Å². The van der Waals surface area contributed by atoms with Gasteiger partial charge in [-0.05, 0) is 45.2 Å². The van der Waals surface area contributed by atoms with Crippen molar-refractivity contribution in [2.24, 2.45) is 0 Å². The highest BCUT2D eigenvalue weighted by atomic mass is 16.5. The number of ether oxygens (including phenoxy) is 2. The number of methoxy groups -OCH3 is 2. The normalized spacial score (nSPS) is 12.2. The first-order chi connectivity index (χ1) is 11.6. The molecule has 0 aliphatic carbocycles. The van der Waals surface area contributed by atoms with Crippen LogP contribution in [0.2, 0.25) is 0 Å². The van der Waals surface area contributed by atoms with E-state index in [2.05, 4.69) is 77.9 Å². The van der Waals surface area contributed by atoms with Gasteiger partial charge in [-0.2, -0.15) is 0 Å². The molecule has 0 atom stereocenters. The largest absolute Gasteiger partial charge is 0.496 e. The van der Waals surface area contributed by atoms with E-state index in [1.165, 1.54) is 22.3 Å². The Bertz CT molecular complexity index is 667. The van der Waals surface area contributed by atoms with Crippen LogP contribution < -0.4 is 9.47 Å². The van der Waals surface area contributed by atoms with Crippen molar-refractivity contribution in [3.05, 3.63) is 58.7 Å². The van der Waals surface area contributed by atoms with Crippen LogP contribution in [0.1, 0.15) is 63.8 Å². The summed E-state index contributed by atoms with van der Waals surface area (Å²) in [6.45, 7) is 13.3. The van der Waals surface area contributed by atoms with E-state index in [9.17, 15) is 0 Å². The molecule has 0 saturated heterocycles. The van der Waals surface area contributed by atoms with Gasteiger partial charge in [0, 0.05) is 6.42 Å². The molecule has 2 aromatic rings. The van der Waals surface area contributed by atoms with Crippen molar-refractivity contribution >= 4 is 0 Å². The minimum absolute atomic E-state index is 0.109. The first-order valence-corrected chi connectivity index (χ1v) is 8.91. The van der Waals surface area contributed by atoms with Gasteiger partial charge in [-0.1, -0.05) is 65.8 Å². The Morgan fingerprint density at radius 2 is 1.00 bits per heavy atom. The van der Waals surface area contributed by atoms with E-state index in [-0.39, 0.29) is 10.8 Å². The zero-order valence-corrected chi connectivity index (χ0v) is 17.0. The molecule has 0 unspecified atom stereocenters. The molecule has 0 saturated carbocycles. The predicted octanol–water partition coefficient (Wildman–Crippen LogP) is 5.89. The van der Waals surface area contributed by atoms with Gasteiger partial charge in [0.25, 0.3) is 0 Å². The van der Waals surface area contributed by atoms with Gasteiger partial charge < -0.3 is 9.47 Å². The minimum Gasteiger partial charge on any atom is -0.496 e. The Kier molecular flexibility index (Phi) is 5.51. The Balaban J connectivity index is 2.39. The summed E-state index contributed by atoms with van der Waals surface area (Å²) in [5.74, 6) is 1.88. The molecule has 2 aromatic carbocycles. The van der Waals surface area contributed by atoms with Gasteiger partial charge in [0.2, 0.25) is 0 Å². The molecule has 0 aliphatic rings. The van der Waals surface area contributed by atoms with E-state index in [0.29, 0.717) is 0 Å². The molecule has 25 heavy (non-hydrogen) atoms. The van der Waals surface area contributed by atoms with E-state index < -0.39 is 0 Å². The second-order valence-electron chi connectivity index (χ2n) is 8.73. The van der Waals surface area contributed by atoms with Gasteiger partial charge in [0.15, 0.2) is 0 Å². The lowest BCUT2D eigenvalue weighted by atomic mass is 9.85. The summed E-state index contributed by atoms with van der Waals surface area (Å²) < 4.78 is 11.3. The Labute approximate surface area is 153 Å². The molecule has 136 valence electrons. The molecule has 2 heteroatoms. The zero-order chi connectivity index (χ0) is 18.8. The molecule has 0 radical (unpaired) electrons. The van der Waals surface area contributed by atoms with Gasteiger partial charge in [-0.25, -0.2) is 0 Å². The molecule has 0 amide bonds. The molecule has 0 aromatic heterocycles. The lowest BCUT2D eigenvalue weighted by Crippen LogP contribution is -2.12. The van der Waals surface area contributed by atoms with Crippen LogP contribution >= 0.6 is 0 Å². The van der Waals surface area contributed by atoms with E-state index >= 15 is 0 Å².